The zero-order valence-corrected chi connectivity index (χ0v) is 6.42. The van der Waals surface area contributed by atoms with Gasteiger partial charge in [-0.05, 0) is 25.0 Å². The van der Waals surface area contributed by atoms with E-state index < -0.39 is 6.16 Å². The van der Waals surface area contributed by atoms with Crippen molar-refractivity contribution in [1.82, 2.24) is 5.32 Å². The van der Waals surface area contributed by atoms with Gasteiger partial charge in [0.15, 0.2) is 0 Å². The molecular weight excluding hydrogens is 153 g/mol. The molecule has 1 fully saturated rings. The molecule has 0 aromatic carbocycles. The van der Waals surface area contributed by atoms with Crippen LogP contribution in [0.2, 0.25) is 0 Å². The third-order valence-electron chi connectivity index (χ3n) is 1.45. The molecule has 1 N–H and O–H groups in total. The summed E-state index contributed by atoms with van der Waals surface area (Å²) < 4.78 is 11.7. The lowest BCUT2D eigenvalue weighted by Crippen LogP contribution is -2.30. The van der Waals surface area contributed by atoms with Crippen molar-refractivity contribution in [1.29, 1.82) is 0 Å². The molecule has 2 nitrogen and oxygen atoms in total. The van der Waals surface area contributed by atoms with Crippen LogP contribution in [0.25, 0.3) is 0 Å². The minimum atomic E-state index is -1.40. The van der Waals surface area contributed by atoms with E-state index in [9.17, 15) is 9.18 Å². The zero-order chi connectivity index (χ0) is 7.40. The van der Waals surface area contributed by atoms with Crippen LogP contribution in [0.3, 0.4) is 0 Å². The normalized spacial score (nSPS) is 25.9. The molecule has 58 valence electrons. The lowest BCUT2D eigenvalue weighted by molar-refractivity contribution is 0.220. The summed E-state index contributed by atoms with van der Waals surface area (Å²) in [7, 11) is 0. The Hall–Kier alpha value is -0.250. The van der Waals surface area contributed by atoms with Gasteiger partial charge in [0, 0.05) is 0 Å². The van der Waals surface area contributed by atoms with E-state index in [1.54, 1.807) is 11.8 Å². The maximum Gasteiger partial charge on any atom is 0.398 e. The Balaban J connectivity index is 2.19. The average molecular weight is 163 g/mol. The summed E-state index contributed by atoms with van der Waals surface area (Å²) in [5, 5.41) is 2.26. The van der Waals surface area contributed by atoms with Crippen LogP contribution in [0.5, 0.6) is 0 Å². The van der Waals surface area contributed by atoms with Gasteiger partial charge in [0.25, 0.3) is 0 Å². The number of rotatable bonds is 1. The van der Waals surface area contributed by atoms with Crippen LogP contribution >= 0.6 is 11.8 Å². The number of nitrogens with one attached hydrogen (secondary N) is 1. The maximum atomic E-state index is 11.7. The van der Waals surface area contributed by atoms with E-state index in [1.807, 2.05) is 0 Å². The third-order valence-corrected chi connectivity index (χ3v) is 2.73. The molecule has 1 amide bonds. The second-order valence-electron chi connectivity index (χ2n) is 2.27. The van der Waals surface area contributed by atoms with Crippen molar-refractivity contribution in [3.63, 3.8) is 0 Å². The fourth-order valence-corrected chi connectivity index (χ4v) is 2.15. The first-order chi connectivity index (χ1) is 4.79. The zero-order valence-electron chi connectivity index (χ0n) is 5.60. The van der Waals surface area contributed by atoms with E-state index >= 15 is 0 Å². The first-order valence-corrected chi connectivity index (χ1v) is 4.41. The van der Waals surface area contributed by atoms with Crippen molar-refractivity contribution in [2.45, 2.75) is 24.6 Å². The van der Waals surface area contributed by atoms with Gasteiger partial charge in [-0.3, -0.25) is 0 Å². The second-order valence-corrected chi connectivity index (χ2v) is 3.58. The summed E-state index contributed by atoms with van der Waals surface area (Å²) in [6.07, 6.45) is 1.78. The predicted molar refractivity (Wildman–Crippen MR) is 39.7 cm³/mol. The molecule has 10 heavy (non-hydrogen) atoms. The topological polar surface area (TPSA) is 29.1 Å². The molecule has 1 rings (SSSR count). The molecule has 1 unspecified atom stereocenters. The van der Waals surface area contributed by atoms with Crippen molar-refractivity contribution >= 4 is 17.9 Å². The molecule has 4 heteroatoms. The first kappa shape index (κ1) is 7.85. The Morgan fingerprint density at radius 3 is 2.90 bits per heavy atom. The number of hydrogen-bond acceptors (Lipinski definition) is 2. The number of amides is 1. The molecule has 1 heterocycles. The van der Waals surface area contributed by atoms with Gasteiger partial charge in [-0.1, -0.05) is 0 Å². The van der Waals surface area contributed by atoms with Gasteiger partial charge in [-0.25, -0.2) is 4.79 Å². The largest absolute Gasteiger partial charge is 0.398 e. The number of hydrogen-bond donors (Lipinski definition) is 1. The Labute approximate surface area is 63.6 Å². The molecule has 0 spiro atoms. The van der Waals surface area contributed by atoms with Crippen molar-refractivity contribution in [3.8, 4) is 0 Å². The van der Waals surface area contributed by atoms with E-state index in [-0.39, 0.29) is 5.37 Å². The molecule has 1 saturated heterocycles. The molecule has 0 bridgehead atoms. The Kier molecular flexibility index (Phi) is 2.99. The van der Waals surface area contributed by atoms with Crippen molar-refractivity contribution in [3.05, 3.63) is 0 Å². The number of carbonyl (C=O) groups excluding carboxylic acids is 1. The smallest absolute Gasteiger partial charge is 0.316 e. The molecule has 1 atom stereocenters. The summed E-state index contributed by atoms with van der Waals surface area (Å²) in [5.74, 6) is 1.03. The third kappa shape index (κ3) is 2.56. The highest BCUT2D eigenvalue weighted by Crippen LogP contribution is 2.22. The summed E-state index contributed by atoms with van der Waals surface area (Å²) in [4.78, 5) is 9.92. The molecule has 0 aromatic heterocycles. The van der Waals surface area contributed by atoms with Crippen LogP contribution in [0.15, 0.2) is 0 Å². The van der Waals surface area contributed by atoms with Gasteiger partial charge in [0.1, 0.15) is 0 Å². The molecule has 0 aromatic rings. The Morgan fingerprint density at radius 1 is 1.60 bits per heavy atom. The maximum absolute atomic E-state index is 11.7. The molecule has 0 aliphatic carbocycles. The van der Waals surface area contributed by atoms with Gasteiger partial charge in [0.05, 0.1) is 5.37 Å². The minimum Gasteiger partial charge on any atom is -0.316 e. The van der Waals surface area contributed by atoms with E-state index in [0.29, 0.717) is 0 Å². The summed E-state index contributed by atoms with van der Waals surface area (Å²) in [6, 6.07) is 0. The summed E-state index contributed by atoms with van der Waals surface area (Å²) in [6.45, 7) is 0. The summed E-state index contributed by atoms with van der Waals surface area (Å²) in [5.41, 5.74) is 0. The van der Waals surface area contributed by atoms with Gasteiger partial charge < -0.3 is 5.32 Å². The van der Waals surface area contributed by atoms with Gasteiger partial charge in [-0.2, -0.15) is 0 Å². The molecule has 0 saturated carbocycles. The number of halogens is 1. The van der Waals surface area contributed by atoms with Crippen LogP contribution in [0.4, 0.5) is 9.18 Å². The highest BCUT2D eigenvalue weighted by molar-refractivity contribution is 7.99. The van der Waals surface area contributed by atoms with Gasteiger partial charge in [0.2, 0.25) is 0 Å². The molecular formula is C6H10FNOS. The Bertz CT molecular complexity index is 125. The van der Waals surface area contributed by atoms with E-state index in [0.717, 1.165) is 18.6 Å². The van der Waals surface area contributed by atoms with Gasteiger partial charge >= 0.3 is 6.16 Å². The first-order valence-electron chi connectivity index (χ1n) is 3.36. The van der Waals surface area contributed by atoms with Crippen molar-refractivity contribution < 1.29 is 9.18 Å². The standard InChI is InChI=1S/C6H10FNOS/c7-6(9)8-5-3-1-2-4-10-5/h5H,1-4H2,(H,8,9). The van der Waals surface area contributed by atoms with Crippen LogP contribution in [-0.2, 0) is 0 Å². The SMILES string of the molecule is O=C(F)NC1CCCCS1. The van der Waals surface area contributed by atoms with Crippen LogP contribution in [0, 0.1) is 0 Å². The lowest BCUT2D eigenvalue weighted by Gasteiger charge is -2.20. The fourth-order valence-electron chi connectivity index (χ4n) is 0.981. The van der Waals surface area contributed by atoms with Crippen LogP contribution in [-0.4, -0.2) is 17.3 Å². The monoisotopic (exact) mass is 163 g/mol. The van der Waals surface area contributed by atoms with Gasteiger partial charge in [-0.15, -0.1) is 16.2 Å². The van der Waals surface area contributed by atoms with E-state index in [1.165, 1.54) is 6.42 Å². The summed E-state index contributed by atoms with van der Waals surface area (Å²) >= 11 is 1.62. The minimum absolute atomic E-state index is 0.0197. The number of thioether (sulfide) groups is 1. The highest BCUT2D eigenvalue weighted by atomic mass is 32.2. The quantitative estimate of drug-likeness (QED) is 0.472. The number of carbonyl (C=O) groups is 1. The van der Waals surface area contributed by atoms with Crippen molar-refractivity contribution in [2.75, 3.05) is 5.75 Å². The molecule has 1 aliphatic rings. The fraction of sp³-hybridized carbons (Fsp3) is 0.833. The van der Waals surface area contributed by atoms with E-state index in [2.05, 4.69) is 5.32 Å². The lowest BCUT2D eigenvalue weighted by atomic mass is 10.2. The van der Waals surface area contributed by atoms with Crippen molar-refractivity contribution in [2.24, 2.45) is 0 Å². The van der Waals surface area contributed by atoms with Crippen LogP contribution < -0.4 is 5.32 Å². The molecule has 1 aliphatic heterocycles. The predicted octanol–water partition coefficient (Wildman–Crippen LogP) is 1.91. The Morgan fingerprint density at radius 2 is 2.40 bits per heavy atom. The van der Waals surface area contributed by atoms with Crippen LogP contribution in [0.1, 0.15) is 19.3 Å². The second kappa shape index (κ2) is 3.81. The molecule has 0 radical (unpaired) electrons. The highest BCUT2D eigenvalue weighted by Gasteiger charge is 2.14. The van der Waals surface area contributed by atoms with E-state index in [4.69, 9.17) is 0 Å². The average Bonchev–Trinajstić information content (AvgIpc) is 1.88.